The standard InChI is InChI=1S/C15H24N2/c1-2-3-4-10-16-14-8-7-9-15(13-14)17-11-5-6-12-17/h7-9,13,16H,2-6,10-12H2,1H3. The Morgan fingerprint density at radius 3 is 2.76 bits per heavy atom. The van der Waals surface area contributed by atoms with Crippen LogP contribution in [0, 0.1) is 0 Å². The van der Waals surface area contributed by atoms with Gasteiger partial charge in [-0.2, -0.15) is 0 Å². The predicted octanol–water partition coefficient (Wildman–Crippen LogP) is 3.89. The number of nitrogens with one attached hydrogen (secondary N) is 1. The minimum absolute atomic E-state index is 1.09. The largest absolute Gasteiger partial charge is 0.385 e. The first-order valence-electron chi connectivity index (χ1n) is 6.99. The molecule has 1 saturated heterocycles. The van der Waals surface area contributed by atoms with Gasteiger partial charge in [-0.05, 0) is 37.5 Å². The second kappa shape index (κ2) is 6.53. The van der Waals surface area contributed by atoms with Crippen molar-refractivity contribution in [3.63, 3.8) is 0 Å². The molecule has 0 radical (unpaired) electrons. The third-order valence-electron chi connectivity index (χ3n) is 3.43. The van der Waals surface area contributed by atoms with Crippen LogP contribution in [0.15, 0.2) is 24.3 Å². The van der Waals surface area contributed by atoms with Crippen molar-refractivity contribution in [1.82, 2.24) is 0 Å². The van der Waals surface area contributed by atoms with Crippen molar-refractivity contribution in [2.24, 2.45) is 0 Å². The van der Waals surface area contributed by atoms with Crippen LogP contribution in [0.5, 0.6) is 0 Å². The zero-order valence-electron chi connectivity index (χ0n) is 10.9. The lowest BCUT2D eigenvalue weighted by molar-refractivity contribution is 0.744. The Balaban J connectivity index is 1.87. The molecule has 1 N–H and O–H groups in total. The number of benzene rings is 1. The highest BCUT2D eigenvalue weighted by molar-refractivity contribution is 5.58. The normalized spacial score (nSPS) is 15.2. The van der Waals surface area contributed by atoms with Crippen LogP contribution in [0.25, 0.3) is 0 Å². The summed E-state index contributed by atoms with van der Waals surface area (Å²) in [4.78, 5) is 2.48. The smallest absolute Gasteiger partial charge is 0.0386 e. The van der Waals surface area contributed by atoms with E-state index in [4.69, 9.17) is 0 Å². The molecule has 0 saturated carbocycles. The van der Waals surface area contributed by atoms with Crippen molar-refractivity contribution >= 4 is 11.4 Å². The number of rotatable bonds is 6. The van der Waals surface area contributed by atoms with Crippen LogP contribution in [0.1, 0.15) is 39.0 Å². The minimum atomic E-state index is 1.09. The SMILES string of the molecule is CCCCCNc1cccc(N2CCCC2)c1. The Morgan fingerprint density at radius 2 is 2.00 bits per heavy atom. The van der Waals surface area contributed by atoms with Gasteiger partial charge in [-0.25, -0.2) is 0 Å². The molecule has 2 heteroatoms. The first-order chi connectivity index (χ1) is 8.40. The molecule has 2 rings (SSSR count). The molecule has 1 aliphatic rings. The van der Waals surface area contributed by atoms with E-state index in [2.05, 4.69) is 41.4 Å². The van der Waals surface area contributed by atoms with Gasteiger partial charge in [0.15, 0.2) is 0 Å². The van der Waals surface area contributed by atoms with Crippen molar-refractivity contribution in [2.45, 2.75) is 39.0 Å². The molecule has 0 spiro atoms. The molecule has 0 atom stereocenters. The molecular weight excluding hydrogens is 208 g/mol. The van der Waals surface area contributed by atoms with E-state index in [1.54, 1.807) is 0 Å². The van der Waals surface area contributed by atoms with Gasteiger partial charge in [-0.1, -0.05) is 25.8 Å². The highest BCUT2D eigenvalue weighted by atomic mass is 15.1. The van der Waals surface area contributed by atoms with Gasteiger partial charge < -0.3 is 10.2 Å². The van der Waals surface area contributed by atoms with Crippen LogP contribution >= 0.6 is 0 Å². The quantitative estimate of drug-likeness (QED) is 0.749. The zero-order chi connectivity index (χ0) is 11.9. The summed E-state index contributed by atoms with van der Waals surface area (Å²) in [5, 5.41) is 3.52. The minimum Gasteiger partial charge on any atom is -0.385 e. The molecule has 0 aromatic heterocycles. The summed E-state index contributed by atoms with van der Waals surface area (Å²) in [7, 11) is 0. The molecular formula is C15H24N2. The van der Waals surface area contributed by atoms with Crippen LogP contribution in [0.3, 0.4) is 0 Å². The van der Waals surface area contributed by atoms with Crippen molar-refractivity contribution in [2.75, 3.05) is 29.9 Å². The maximum atomic E-state index is 3.52. The van der Waals surface area contributed by atoms with Crippen LogP contribution in [0.4, 0.5) is 11.4 Å². The Labute approximate surface area is 105 Å². The number of hydrogen-bond acceptors (Lipinski definition) is 2. The molecule has 1 fully saturated rings. The summed E-state index contributed by atoms with van der Waals surface area (Å²) in [5.41, 5.74) is 2.65. The fraction of sp³-hybridized carbons (Fsp3) is 0.600. The highest BCUT2D eigenvalue weighted by Gasteiger charge is 2.11. The number of nitrogens with zero attached hydrogens (tertiary/aromatic N) is 1. The predicted molar refractivity (Wildman–Crippen MR) is 75.9 cm³/mol. The van der Waals surface area contributed by atoms with E-state index in [0.29, 0.717) is 0 Å². The third-order valence-corrected chi connectivity index (χ3v) is 3.43. The van der Waals surface area contributed by atoms with E-state index in [1.807, 2.05) is 0 Å². The van der Waals surface area contributed by atoms with Gasteiger partial charge in [0.2, 0.25) is 0 Å². The van der Waals surface area contributed by atoms with Gasteiger partial charge in [0.05, 0.1) is 0 Å². The first kappa shape index (κ1) is 12.3. The summed E-state index contributed by atoms with van der Waals surface area (Å²) < 4.78 is 0. The van der Waals surface area contributed by atoms with Gasteiger partial charge in [0, 0.05) is 31.0 Å². The molecule has 1 aromatic rings. The molecule has 94 valence electrons. The first-order valence-corrected chi connectivity index (χ1v) is 6.99. The van der Waals surface area contributed by atoms with E-state index in [9.17, 15) is 0 Å². The molecule has 1 aliphatic heterocycles. The lowest BCUT2D eigenvalue weighted by atomic mass is 10.2. The Kier molecular flexibility index (Phi) is 4.72. The van der Waals surface area contributed by atoms with E-state index >= 15 is 0 Å². The Hall–Kier alpha value is -1.18. The van der Waals surface area contributed by atoms with Crippen molar-refractivity contribution in [3.05, 3.63) is 24.3 Å². The lowest BCUT2D eigenvalue weighted by Crippen LogP contribution is -2.17. The van der Waals surface area contributed by atoms with E-state index in [0.717, 1.165) is 6.54 Å². The van der Waals surface area contributed by atoms with E-state index < -0.39 is 0 Å². The molecule has 0 unspecified atom stereocenters. The molecule has 0 bridgehead atoms. The average Bonchev–Trinajstić information content (AvgIpc) is 2.89. The molecule has 17 heavy (non-hydrogen) atoms. The van der Waals surface area contributed by atoms with Gasteiger partial charge in [-0.3, -0.25) is 0 Å². The second-order valence-electron chi connectivity index (χ2n) is 4.88. The monoisotopic (exact) mass is 232 g/mol. The maximum Gasteiger partial charge on any atom is 0.0386 e. The fourth-order valence-electron chi connectivity index (χ4n) is 2.40. The topological polar surface area (TPSA) is 15.3 Å². The average molecular weight is 232 g/mol. The number of unbranched alkanes of at least 4 members (excludes halogenated alkanes) is 2. The van der Waals surface area contributed by atoms with Crippen LogP contribution in [-0.2, 0) is 0 Å². The zero-order valence-corrected chi connectivity index (χ0v) is 10.9. The Morgan fingerprint density at radius 1 is 1.18 bits per heavy atom. The summed E-state index contributed by atoms with van der Waals surface area (Å²) in [5.74, 6) is 0. The molecule has 1 aromatic carbocycles. The summed E-state index contributed by atoms with van der Waals surface area (Å²) in [6.07, 6.45) is 6.56. The maximum absolute atomic E-state index is 3.52. The Bertz CT molecular complexity index is 329. The number of anilines is 2. The van der Waals surface area contributed by atoms with Gasteiger partial charge in [0.25, 0.3) is 0 Å². The van der Waals surface area contributed by atoms with E-state index in [-0.39, 0.29) is 0 Å². The fourth-order valence-corrected chi connectivity index (χ4v) is 2.40. The van der Waals surface area contributed by atoms with Crippen molar-refractivity contribution in [3.8, 4) is 0 Å². The van der Waals surface area contributed by atoms with Crippen LogP contribution < -0.4 is 10.2 Å². The van der Waals surface area contributed by atoms with Gasteiger partial charge in [0.1, 0.15) is 0 Å². The second-order valence-corrected chi connectivity index (χ2v) is 4.88. The molecule has 2 nitrogen and oxygen atoms in total. The number of hydrogen-bond donors (Lipinski definition) is 1. The molecule has 1 heterocycles. The highest BCUT2D eigenvalue weighted by Crippen LogP contribution is 2.23. The summed E-state index contributed by atoms with van der Waals surface area (Å²) >= 11 is 0. The molecule has 0 aliphatic carbocycles. The third kappa shape index (κ3) is 3.65. The van der Waals surface area contributed by atoms with Crippen molar-refractivity contribution < 1.29 is 0 Å². The molecule has 0 amide bonds. The van der Waals surface area contributed by atoms with Gasteiger partial charge >= 0.3 is 0 Å². The lowest BCUT2D eigenvalue weighted by Gasteiger charge is -2.18. The van der Waals surface area contributed by atoms with Crippen molar-refractivity contribution in [1.29, 1.82) is 0 Å². The van der Waals surface area contributed by atoms with E-state index in [1.165, 1.54) is 56.6 Å². The van der Waals surface area contributed by atoms with Crippen LogP contribution in [0.2, 0.25) is 0 Å². The summed E-state index contributed by atoms with van der Waals surface area (Å²) in [6, 6.07) is 8.85. The van der Waals surface area contributed by atoms with Gasteiger partial charge in [-0.15, -0.1) is 0 Å². The van der Waals surface area contributed by atoms with Crippen LogP contribution in [-0.4, -0.2) is 19.6 Å². The summed E-state index contributed by atoms with van der Waals surface area (Å²) in [6.45, 7) is 5.78.